The molecular weight excluding hydrogens is 294 g/mol. The summed E-state index contributed by atoms with van der Waals surface area (Å²) < 4.78 is 1.03. The Balaban J connectivity index is 2.44. The topological polar surface area (TPSA) is 49.3 Å². The molecule has 1 atom stereocenters. The summed E-state index contributed by atoms with van der Waals surface area (Å²) in [6.07, 6.45) is 1.13. The summed E-state index contributed by atoms with van der Waals surface area (Å²) in [6.45, 7) is 4.81. The van der Waals surface area contributed by atoms with Gasteiger partial charge in [-0.1, -0.05) is 28.9 Å². The standard InChI is InChI=1S/C14H20BrNO2/c1-10(5-6-17)9-16-14(18)8-12-3-4-13(15)7-11(12)2/h3-4,7,10,17H,5-6,8-9H2,1-2H3,(H,16,18)/t10-/m0/s1. The molecule has 0 aliphatic rings. The highest BCUT2D eigenvalue weighted by atomic mass is 79.9. The number of hydrogen-bond donors (Lipinski definition) is 2. The van der Waals surface area contributed by atoms with Crippen molar-refractivity contribution < 1.29 is 9.90 Å². The van der Waals surface area contributed by atoms with Crippen molar-refractivity contribution in [2.75, 3.05) is 13.2 Å². The lowest BCUT2D eigenvalue weighted by Gasteiger charge is -2.12. The predicted molar refractivity (Wildman–Crippen MR) is 76.5 cm³/mol. The molecule has 0 saturated carbocycles. The first-order chi connectivity index (χ1) is 8.52. The second kappa shape index (κ2) is 7.54. The van der Waals surface area contributed by atoms with Gasteiger partial charge in [0.25, 0.3) is 0 Å². The summed E-state index contributed by atoms with van der Waals surface area (Å²) >= 11 is 3.41. The third-order valence-electron chi connectivity index (χ3n) is 2.93. The van der Waals surface area contributed by atoms with Crippen molar-refractivity contribution in [1.29, 1.82) is 0 Å². The molecule has 0 unspecified atom stereocenters. The summed E-state index contributed by atoms with van der Waals surface area (Å²) in [5.41, 5.74) is 2.16. The maximum atomic E-state index is 11.8. The number of benzene rings is 1. The Bertz CT molecular complexity index is 407. The molecular formula is C14H20BrNO2. The van der Waals surface area contributed by atoms with Gasteiger partial charge < -0.3 is 10.4 Å². The van der Waals surface area contributed by atoms with Crippen LogP contribution in [0.1, 0.15) is 24.5 Å². The van der Waals surface area contributed by atoms with Gasteiger partial charge >= 0.3 is 0 Å². The van der Waals surface area contributed by atoms with E-state index in [1.165, 1.54) is 0 Å². The molecule has 0 fully saturated rings. The molecule has 0 radical (unpaired) electrons. The summed E-state index contributed by atoms with van der Waals surface area (Å²) in [4.78, 5) is 11.8. The third-order valence-corrected chi connectivity index (χ3v) is 3.42. The molecule has 4 heteroatoms. The summed E-state index contributed by atoms with van der Waals surface area (Å²) in [6, 6.07) is 5.93. The number of aryl methyl sites for hydroxylation is 1. The molecule has 1 aromatic carbocycles. The lowest BCUT2D eigenvalue weighted by molar-refractivity contribution is -0.120. The zero-order chi connectivity index (χ0) is 13.5. The predicted octanol–water partition coefficient (Wildman–Crippen LogP) is 2.43. The van der Waals surface area contributed by atoms with Crippen LogP contribution in [0.5, 0.6) is 0 Å². The second-order valence-electron chi connectivity index (χ2n) is 4.67. The van der Waals surface area contributed by atoms with Gasteiger partial charge in [-0.2, -0.15) is 0 Å². The van der Waals surface area contributed by atoms with E-state index in [1.54, 1.807) is 0 Å². The highest BCUT2D eigenvalue weighted by Gasteiger charge is 2.08. The molecule has 1 rings (SSSR count). The van der Waals surface area contributed by atoms with Crippen LogP contribution < -0.4 is 5.32 Å². The number of amides is 1. The van der Waals surface area contributed by atoms with E-state index in [9.17, 15) is 4.79 Å². The van der Waals surface area contributed by atoms with Crippen molar-refractivity contribution in [1.82, 2.24) is 5.32 Å². The highest BCUT2D eigenvalue weighted by Crippen LogP contribution is 2.16. The quantitative estimate of drug-likeness (QED) is 0.847. The van der Waals surface area contributed by atoms with Gasteiger partial charge in [0.05, 0.1) is 6.42 Å². The normalized spacial score (nSPS) is 12.2. The molecule has 0 heterocycles. The first kappa shape index (κ1) is 15.2. The molecule has 1 aromatic rings. The molecule has 0 saturated heterocycles. The lowest BCUT2D eigenvalue weighted by atomic mass is 10.1. The van der Waals surface area contributed by atoms with Crippen LogP contribution in [0.4, 0.5) is 0 Å². The average molecular weight is 314 g/mol. The number of aliphatic hydroxyl groups excluding tert-OH is 1. The van der Waals surface area contributed by atoms with Crippen LogP contribution in [0.3, 0.4) is 0 Å². The average Bonchev–Trinajstić information content (AvgIpc) is 2.31. The SMILES string of the molecule is Cc1cc(Br)ccc1CC(=O)NC[C@@H](C)CCO. The van der Waals surface area contributed by atoms with Crippen molar-refractivity contribution in [2.45, 2.75) is 26.7 Å². The maximum Gasteiger partial charge on any atom is 0.224 e. The zero-order valence-corrected chi connectivity index (χ0v) is 12.5. The smallest absolute Gasteiger partial charge is 0.224 e. The number of hydrogen-bond acceptors (Lipinski definition) is 2. The van der Waals surface area contributed by atoms with Gasteiger partial charge in [-0.05, 0) is 42.5 Å². The Kier molecular flexibility index (Phi) is 6.36. The van der Waals surface area contributed by atoms with Gasteiger partial charge in [-0.3, -0.25) is 4.79 Å². The molecule has 1 amide bonds. The van der Waals surface area contributed by atoms with E-state index in [4.69, 9.17) is 5.11 Å². The van der Waals surface area contributed by atoms with Crippen LogP contribution >= 0.6 is 15.9 Å². The van der Waals surface area contributed by atoms with Gasteiger partial charge in [-0.15, -0.1) is 0 Å². The van der Waals surface area contributed by atoms with Crippen LogP contribution in [-0.4, -0.2) is 24.2 Å². The molecule has 0 bridgehead atoms. The third kappa shape index (κ3) is 5.19. The van der Waals surface area contributed by atoms with E-state index in [0.717, 1.165) is 22.0 Å². The van der Waals surface area contributed by atoms with Crippen molar-refractivity contribution in [3.63, 3.8) is 0 Å². The Labute approximate surface area is 117 Å². The van der Waals surface area contributed by atoms with E-state index in [1.807, 2.05) is 32.0 Å². The first-order valence-corrected chi connectivity index (χ1v) is 6.94. The Morgan fingerprint density at radius 1 is 1.50 bits per heavy atom. The first-order valence-electron chi connectivity index (χ1n) is 6.15. The molecule has 100 valence electrons. The van der Waals surface area contributed by atoms with Gasteiger partial charge in [0, 0.05) is 17.6 Å². The molecule has 0 aromatic heterocycles. The van der Waals surface area contributed by atoms with Gasteiger partial charge in [0.15, 0.2) is 0 Å². The van der Waals surface area contributed by atoms with Gasteiger partial charge in [-0.25, -0.2) is 0 Å². The Hall–Kier alpha value is -0.870. The number of carbonyl (C=O) groups is 1. The molecule has 0 spiro atoms. The van der Waals surface area contributed by atoms with Crippen LogP contribution in [0, 0.1) is 12.8 Å². The van der Waals surface area contributed by atoms with Crippen LogP contribution in [-0.2, 0) is 11.2 Å². The Morgan fingerprint density at radius 2 is 2.22 bits per heavy atom. The monoisotopic (exact) mass is 313 g/mol. The second-order valence-corrected chi connectivity index (χ2v) is 5.58. The summed E-state index contributed by atoms with van der Waals surface area (Å²) in [7, 11) is 0. The van der Waals surface area contributed by atoms with Crippen molar-refractivity contribution in [2.24, 2.45) is 5.92 Å². The fraction of sp³-hybridized carbons (Fsp3) is 0.500. The van der Waals surface area contributed by atoms with Crippen LogP contribution in [0.15, 0.2) is 22.7 Å². The van der Waals surface area contributed by atoms with Crippen LogP contribution in [0.2, 0.25) is 0 Å². The number of nitrogens with one attached hydrogen (secondary N) is 1. The van der Waals surface area contributed by atoms with E-state index >= 15 is 0 Å². The molecule has 18 heavy (non-hydrogen) atoms. The molecule has 0 aliphatic heterocycles. The zero-order valence-electron chi connectivity index (χ0n) is 10.9. The minimum Gasteiger partial charge on any atom is -0.396 e. The summed E-state index contributed by atoms with van der Waals surface area (Å²) in [5, 5.41) is 11.7. The fourth-order valence-corrected chi connectivity index (χ4v) is 2.18. The summed E-state index contributed by atoms with van der Waals surface area (Å²) in [5.74, 6) is 0.343. The van der Waals surface area contributed by atoms with E-state index in [2.05, 4.69) is 21.2 Å². The molecule has 2 N–H and O–H groups in total. The largest absolute Gasteiger partial charge is 0.396 e. The van der Waals surface area contributed by atoms with E-state index < -0.39 is 0 Å². The molecule has 3 nitrogen and oxygen atoms in total. The van der Waals surface area contributed by atoms with E-state index in [-0.39, 0.29) is 12.5 Å². The van der Waals surface area contributed by atoms with Crippen molar-refractivity contribution in [3.05, 3.63) is 33.8 Å². The van der Waals surface area contributed by atoms with Crippen LogP contribution in [0.25, 0.3) is 0 Å². The highest BCUT2D eigenvalue weighted by molar-refractivity contribution is 9.10. The fourth-order valence-electron chi connectivity index (χ4n) is 1.70. The minimum atomic E-state index is 0.0326. The number of aliphatic hydroxyl groups is 1. The Morgan fingerprint density at radius 3 is 2.83 bits per heavy atom. The van der Waals surface area contributed by atoms with E-state index in [0.29, 0.717) is 18.9 Å². The molecule has 0 aliphatic carbocycles. The lowest BCUT2D eigenvalue weighted by Crippen LogP contribution is -2.30. The minimum absolute atomic E-state index is 0.0326. The van der Waals surface area contributed by atoms with Gasteiger partial charge in [0.1, 0.15) is 0 Å². The van der Waals surface area contributed by atoms with Crippen molar-refractivity contribution in [3.8, 4) is 0 Å². The number of carbonyl (C=O) groups excluding carboxylic acids is 1. The number of halogens is 1. The maximum absolute atomic E-state index is 11.8. The van der Waals surface area contributed by atoms with Crippen molar-refractivity contribution >= 4 is 21.8 Å². The number of rotatable bonds is 6. The van der Waals surface area contributed by atoms with Gasteiger partial charge in [0.2, 0.25) is 5.91 Å².